The molecule has 0 unspecified atom stereocenters. The molecule has 0 saturated heterocycles. The predicted molar refractivity (Wildman–Crippen MR) is 88.4 cm³/mol. The maximum absolute atomic E-state index is 12.9. The fourth-order valence-electron chi connectivity index (χ4n) is 1.65. The van der Waals surface area contributed by atoms with Gasteiger partial charge in [0.25, 0.3) is 11.5 Å². The first-order valence-electron chi connectivity index (χ1n) is 6.70. The molecule has 0 radical (unpaired) electrons. The second kappa shape index (κ2) is 7.59. The number of aromatic amines is 1. The highest BCUT2D eigenvalue weighted by atomic mass is 32.2. The van der Waals surface area contributed by atoms with Gasteiger partial charge in [0.15, 0.2) is 11.0 Å². The van der Waals surface area contributed by atoms with E-state index in [4.69, 9.17) is 5.73 Å². The molecule has 1 heterocycles. The van der Waals surface area contributed by atoms with Gasteiger partial charge in [-0.25, -0.2) is 9.37 Å². The molecule has 0 aliphatic rings. The molecule has 5 N–H and O–H groups in total. The molecular weight excluding hydrogens is 337 g/mol. The van der Waals surface area contributed by atoms with E-state index in [1.165, 1.54) is 19.2 Å². The lowest BCUT2D eigenvalue weighted by atomic mass is 10.2. The molecule has 24 heavy (non-hydrogen) atoms. The quantitative estimate of drug-likeness (QED) is 0.460. The molecule has 0 saturated carbocycles. The summed E-state index contributed by atoms with van der Waals surface area (Å²) < 4.78 is 12.9. The molecule has 8 nitrogen and oxygen atoms in total. The molecule has 10 heteroatoms. The topological polar surface area (TPSA) is 130 Å². The van der Waals surface area contributed by atoms with E-state index in [9.17, 15) is 18.8 Å². The largest absolute Gasteiger partial charge is 0.382 e. The third-order valence-electron chi connectivity index (χ3n) is 2.89. The first kappa shape index (κ1) is 17.5. The van der Waals surface area contributed by atoms with Crippen molar-refractivity contribution in [3.05, 3.63) is 46.0 Å². The Morgan fingerprint density at radius 1 is 1.33 bits per heavy atom. The highest BCUT2D eigenvalue weighted by Crippen LogP contribution is 2.17. The number of nitrogens with two attached hydrogens (primary N) is 1. The number of benzene rings is 1. The highest BCUT2D eigenvalue weighted by molar-refractivity contribution is 7.99. The second-order valence-corrected chi connectivity index (χ2v) is 5.52. The van der Waals surface area contributed by atoms with E-state index >= 15 is 0 Å². The number of nitrogen functional groups attached to an aromatic ring is 1. The van der Waals surface area contributed by atoms with Gasteiger partial charge in [-0.05, 0) is 24.3 Å². The van der Waals surface area contributed by atoms with E-state index in [0.717, 1.165) is 23.9 Å². The Morgan fingerprint density at radius 2 is 2.00 bits per heavy atom. The van der Waals surface area contributed by atoms with Gasteiger partial charge in [-0.3, -0.25) is 19.4 Å². The average molecular weight is 351 g/mol. The second-order valence-electron chi connectivity index (χ2n) is 4.55. The molecule has 2 amide bonds. The van der Waals surface area contributed by atoms with Crippen LogP contribution in [0.5, 0.6) is 0 Å². The summed E-state index contributed by atoms with van der Waals surface area (Å²) in [5, 5.41) is 4.92. The third-order valence-corrected chi connectivity index (χ3v) is 3.76. The van der Waals surface area contributed by atoms with E-state index in [0.29, 0.717) is 0 Å². The van der Waals surface area contributed by atoms with Crippen LogP contribution < -0.4 is 21.9 Å². The maximum atomic E-state index is 12.9. The summed E-state index contributed by atoms with van der Waals surface area (Å²) in [7, 11) is 1.49. The monoisotopic (exact) mass is 351 g/mol. The fraction of sp³-hybridized carbons (Fsp3) is 0.143. The predicted octanol–water partition coefficient (Wildman–Crippen LogP) is 0.582. The molecule has 126 valence electrons. The Labute approximate surface area is 140 Å². The van der Waals surface area contributed by atoms with Gasteiger partial charge in [-0.2, -0.15) is 0 Å². The van der Waals surface area contributed by atoms with Crippen molar-refractivity contribution in [3.8, 4) is 0 Å². The molecule has 0 aliphatic carbocycles. The number of thioether (sulfide) groups is 1. The van der Waals surface area contributed by atoms with Crippen LogP contribution in [0.4, 0.5) is 15.9 Å². The molecule has 0 bridgehead atoms. The van der Waals surface area contributed by atoms with Crippen LogP contribution in [0.1, 0.15) is 10.4 Å². The minimum atomic E-state index is -0.655. The number of aromatic nitrogens is 2. The van der Waals surface area contributed by atoms with Crippen molar-refractivity contribution >= 4 is 35.1 Å². The number of carbonyl (C=O) groups is 2. The summed E-state index contributed by atoms with van der Waals surface area (Å²) >= 11 is 0.994. The van der Waals surface area contributed by atoms with Crippen molar-refractivity contribution in [1.29, 1.82) is 0 Å². The lowest BCUT2D eigenvalue weighted by Crippen LogP contribution is -2.24. The van der Waals surface area contributed by atoms with Gasteiger partial charge in [-0.15, -0.1) is 0 Å². The van der Waals surface area contributed by atoms with Gasteiger partial charge in [0.05, 0.1) is 5.75 Å². The summed E-state index contributed by atoms with van der Waals surface area (Å²) in [5.41, 5.74) is 4.98. The summed E-state index contributed by atoms with van der Waals surface area (Å²) in [5.74, 6) is -1.48. The minimum Gasteiger partial charge on any atom is -0.382 e. The van der Waals surface area contributed by atoms with E-state index < -0.39 is 17.3 Å². The zero-order chi connectivity index (χ0) is 17.7. The van der Waals surface area contributed by atoms with E-state index in [1.807, 2.05) is 0 Å². The molecule has 1 aromatic heterocycles. The van der Waals surface area contributed by atoms with Gasteiger partial charge < -0.3 is 16.4 Å². The van der Waals surface area contributed by atoms with Crippen molar-refractivity contribution < 1.29 is 14.0 Å². The minimum absolute atomic E-state index is 0.0557. The molecule has 2 rings (SSSR count). The van der Waals surface area contributed by atoms with Crippen LogP contribution in [-0.4, -0.2) is 34.6 Å². The van der Waals surface area contributed by atoms with Gasteiger partial charge in [-0.1, -0.05) is 11.8 Å². The Balaban J connectivity index is 2.16. The summed E-state index contributed by atoms with van der Waals surface area (Å²) in [6.07, 6.45) is 0. The van der Waals surface area contributed by atoms with E-state index in [-0.39, 0.29) is 33.9 Å². The SMILES string of the molecule is CNC(=O)CSc1nc(N)c(NC(=O)c2ccc(F)cc2)c(=O)[nH]1. The van der Waals surface area contributed by atoms with Crippen LogP contribution in [0.3, 0.4) is 0 Å². The number of H-pyrrole nitrogens is 1. The third kappa shape index (κ3) is 4.32. The van der Waals surface area contributed by atoms with Crippen LogP contribution in [0, 0.1) is 5.82 Å². The Bertz CT molecular complexity index is 822. The first-order chi connectivity index (χ1) is 11.4. The van der Waals surface area contributed by atoms with Crippen molar-refractivity contribution in [2.45, 2.75) is 5.16 Å². The van der Waals surface area contributed by atoms with Crippen molar-refractivity contribution in [2.24, 2.45) is 0 Å². The normalized spacial score (nSPS) is 10.2. The van der Waals surface area contributed by atoms with Gasteiger partial charge >= 0.3 is 0 Å². The van der Waals surface area contributed by atoms with Gasteiger partial charge in [0, 0.05) is 12.6 Å². The summed E-state index contributed by atoms with van der Waals surface area (Å²) in [6.45, 7) is 0. The number of anilines is 2. The van der Waals surface area contributed by atoms with Crippen LogP contribution >= 0.6 is 11.8 Å². The van der Waals surface area contributed by atoms with Crippen LogP contribution in [0.15, 0.2) is 34.2 Å². The molecule has 0 aliphatic heterocycles. The van der Waals surface area contributed by atoms with Crippen LogP contribution in [0.25, 0.3) is 0 Å². The zero-order valence-electron chi connectivity index (χ0n) is 12.6. The number of hydrogen-bond acceptors (Lipinski definition) is 6. The standard InChI is InChI=1S/C14H14FN5O3S/c1-17-9(21)6-24-14-19-11(16)10(13(23)20-14)18-12(22)7-2-4-8(15)5-3-7/h2-5H,6H2,1H3,(H,17,21)(H,18,22)(H3,16,19,20,23). The van der Waals surface area contributed by atoms with Crippen LogP contribution in [-0.2, 0) is 4.79 Å². The van der Waals surface area contributed by atoms with Crippen molar-refractivity contribution in [3.63, 3.8) is 0 Å². The summed E-state index contributed by atoms with van der Waals surface area (Å²) in [6, 6.07) is 4.80. The highest BCUT2D eigenvalue weighted by Gasteiger charge is 2.14. The van der Waals surface area contributed by atoms with Crippen LogP contribution in [0.2, 0.25) is 0 Å². The first-order valence-corrected chi connectivity index (χ1v) is 7.69. The molecule has 0 fully saturated rings. The smallest absolute Gasteiger partial charge is 0.277 e. The zero-order valence-corrected chi connectivity index (χ0v) is 13.4. The average Bonchev–Trinajstić information content (AvgIpc) is 2.56. The van der Waals surface area contributed by atoms with Crippen molar-refractivity contribution in [2.75, 3.05) is 23.9 Å². The Morgan fingerprint density at radius 3 is 2.58 bits per heavy atom. The number of hydrogen-bond donors (Lipinski definition) is 4. The lowest BCUT2D eigenvalue weighted by molar-refractivity contribution is -0.118. The number of rotatable bonds is 5. The number of nitrogens with one attached hydrogen (secondary N) is 3. The number of nitrogens with zero attached hydrogens (tertiary/aromatic N) is 1. The fourth-order valence-corrected chi connectivity index (χ4v) is 2.39. The van der Waals surface area contributed by atoms with E-state index in [2.05, 4.69) is 20.6 Å². The molecule has 2 aromatic rings. The lowest BCUT2D eigenvalue weighted by Gasteiger charge is -2.08. The maximum Gasteiger partial charge on any atom is 0.277 e. The van der Waals surface area contributed by atoms with Gasteiger partial charge in [0.2, 0.25) is 5.91 Å². The summed E-state index contributed by atoms with van der Waals surface area (Å²) in [4.78, 5) is 41.6. The molecule has 0 atom stereocenters. The van der Waals surface area contributed by atoms with E-state index in [1.54, 1.807) is 0 Å². The van der Waals surface area contributed by atoms with Gasteiger partial charge in [0.1, 0.15) is 11.5 Å². The molecule has 1 aromatic carbocycles. The Hall–Kier alpha value is -2.88. The Kier molecular flexibility index (Phi) is 5.53. The number of carbonyl (C=O) groups excluding carboxylic acids is 2. The van der Waals surface area contributed by atoms with Crippen molar-refractivity contribution in [1.82, 2.24) is 15.3 Å². The number of halogens is 1. The molecule has 0 spiro atoms. The molecular formula is C14H14FN5O3S. The number of amides is 2.